The fraction of sp³-hybridized carbons (Fsp3) is 0.100. The van der Waals surface area contributed by atoms with Crippen molar-refractivity contribution < 1.29 is 19.1 Å². The molecule has 1 aromatic heterocycles. The molecule has 2 aromatic carbocycles. The molecule has 136 valence electrons. The lowest BCUT2D eigenvalue weighted by Crippen LogP contribution is -2.17. The van der Waals surface area contributed by atoms with Crippen LogP contribution in [0.4, 0.5) is 5.00 Å². The van der Waals surface area contributed by atoms with E-state index in [9.17, 15) is 9.59 Å². The van der Waals surface area contributed by atoms with Crippen LogP contribution in [-0.2, 0) is 0 Å². The zero-order valence-corrected chi connectivity index (χ0v) is 15.3. The third-order valence-corrected chi connectivity index (χ3v) is 5.28. The number of ether oxygens (including phenoxy) is 2. The first-order valence-corrected chi connectivity index (χ1v) is 9.06. The fourth-order valence-corrected chi connectivity index (χ4v) is 4.11. The molecule has 0 unspecified atom stereocenters. The first kappa shape index (κ1) is 17.1. The van der Waals surface area contributed by atoms with Crippen LogP contribution in [0.15, 0.2) is 48.5 Å². The van der Waals surface area contributed by atoms with Crippen LogP contribution in [0.3, 0.4) is 0 Å². The van der Waals surface area contributed by atoms with Crippen LogP contribution in [0.5, 0.6) is 11.5 Å². The molecule has 0 bridgehead atoms. The Morgan fingerprint density at radius 2 is 1.81 bits per heavy atom. The van der Waals surface area contributed by atoms with Crippen LogP contribution in [0, 0.1) is 6.92 Å². The number of rotatable bonds is 4. The molecule has 2 heterocycles. The topological polar surface area (TPSA) is 90.7 Å². The van der Waals surface area contributed by atoms with E-state index < -0.39 is 5.91 Å². The highest BCUT2D eigenvalue weighted by Gasteiger charge is 2.24. The van der Waals surface area contributed by atoms with Crippen LogP contribution in [0.1, 0.15) is 25.6 Å². The molecule has 3 N–H and O–H groups in total. The first-order chi connectivity index (χ1) is 13.0. The van der Waals surface area contributed by atoms with Gasteiger partial charge < -0.3 is 20.5 Å². The number of thiophene rings is 1. The van der Waals surface area contributed by atoms with Gasteiger partial charge in [-0.3, -0.25) is 9.59 Å². The van der Waals surface area contributed by atoms with Gasteiger partial charge in [0.1, 0.15) is 5.00 Å². The van der Waals surface area contributed by atoms with E-state index in [2.05, 4.69) is 5.32 Å². The molecule has 4 rings (SSSR count). The number of benzene rings is 2. The molecule has 0 spiro atoms. The highest BCUT2D eigenvalue weighted by atomic mass is 32.1. The van der Waals surface area contributed by atoms with Gasteiger partial charge in [-0.25, -0.2) is 0 Å². The summed E-state index contributed by atoms with van der Waals surface area (Å²) in [5.74, 6) is 0.184. The molecule has 0 atom stereocenters. The van der Waals surface area contributed by atoms with Crippen molar-refractivity contribution in [3.8, 4) is 22.6 Å². The molecule has 6 nitrogen and oxygen atoms in total. The minimum atomic E-state index is -0.584. The molecule has 0 radical (unpaired) electrons. The monoisotopic (exact) mass is 380 g/mol. The van der Waals surface area contributed by atoms with Gasteiger partial charge in [0.15, 0.2) is 11.5 Å². The zero-order chi connectivity index (χ0) is 19.0. The number of fused-ring (bicyclic) bond motifs is 1. The van der Waals surface area contributed by atoms with Crippen molar-refractivity contribution in [2.24, 2.45) is 5.73 Å². The van der Waals surface area contributed by atoms with E-state index in [1.807, 2.05) is 37.3 Å². The molecule has 0 aliphatic carbocycles. The molecule has 0 fully saturated rings. The summed E-state index contributed by atoms with van der Waals surface area (Å²) in [5.41, 5.74) is 7.98. The van der Waals surface area contributed by atoms with Gasteiger partial charge in [0.05, 0.1) is 5.56 Å². The van der Waals surface area contributed by atoms with Gasteiger partial charge in [-0.2, -0.15) is 0 Å². The van der Waals surface area contributed by atoms with Crippen molar-refractivity contribution in [3.63, 3.8) is 0 Å². The van der Waals surface area contributed by atoms with E-state index in [1.165, 1.54) is 11.3 Å². The molecule has 0 saturated heterocycles. The summed E-state index contributed by atoms with van der Waals surface area (Å²) in [4.78, 5) is 25.7. The van der Waals surface area contributed by atoms with Gasteiger partial charge in [-0.05, 0) is 30.7 Å². The van der Waals surface area contributed by atoms with Crippen molar-refractivity contribution in [1.82, 2.24) is 0 Å². The average Bonchev–Trinajstić information content (AvgIpc) is 3.25. The van der Waals surface area contributed by atoms with Crippen LogP contribution in [0.2, 0.25) is 0 Å². The highest BCUT2D eigenvalue weighted by Crippen LogP contribution is 2.40. The van der Waals surface area contributed by atoms with Crippen molar-refractivity contribution in [2.45, 2.75) is 6.92 Å². The lowest BCUT2D eigenvalue weighted by atomic mass is 10.0. The third kappa shape index (κ3) is 3.13. The SMILES string of the molecule is Cc1sc(NC(=O)c2ccc3c(c2)OCO3)c(C(N)=O)c1-c1ccccc1. The zero-order valence-electron chi connectivity index (χ0n) is 14.4. The van der Waals surface area contributed by atoms with Crippen LogP contribution in [0.25, 0.3) is 11.1 Å². The van der Waals surface area contributed by atoms with Crippen molar-refractivity contribution in [2.75, 3.05) is 12.1 Å². The van der Waals surface area contributed by atoms with Crippen molar-refractivity contribution in [3.05, 3.63) is 64.5 Å². The highest BCUT2D eigenvalue weighted by molar-refractivity contribution is 7.17. The predicted octanol–water partition coefficient (Wildman–Crippen LogP) is 3.80. The van der Waals surface area contributed by atoms with E-state index >= 15 is 0 Å². The van der Waals surface area contributed by atoms with Crippen molar-refractivity contribution in [1.29, 1.82) is 0 Å². The second-order valence-corrected chi connectivity index (χ2v) is 7.21. The average molecular weight is 380 g/mol. The second-order valence-electron chi connectivity index (χ2n) is 5.99. The second kappa shape index (κ2) is 6.77. The number of amides is 2. The number of carbonyl (C=O) groups is 2. The predicted molar refractivity (Wildman–Crippen MR) is 104 cm³/mol. The Morgan fingerprint density at radius 1 is 1.07 bits per heavy atom. The van der Waals surface area contributed by atoms with Gasteiger partial charge in [0, 0.05) is 16.0 Å². The maximum absolute atomic E-state index is 12.7. The van der Waals surface area contributed by atoms with E-state index in [0.29, 0.717) is 27.6 Å². The quantitative estimate of drug-likeness (QED) is 0.720. The standard InChI is InChI=1S/C20H16N2O4S/c1-11-16(12-5-3-2-4-6-12)17(18(21)23)20(27-11)22-19(24)13-7-8-14-15(9-13)26-10-25-14/h2-9H,10H2,1H3,(H2,21,23)(H,22,24). The van der Waals surface area contributed by atoms with E-state index in [4.69, 9.17) is 15.2 Å². The smallest absolute Gasteiger partial charge is 0.256 e. The van der Waals surface area contributed by atoms with Gasteiger partial charge in [0.25, 0.3) is 11.8 Å². The van der Waals surface area contributed by atoms with Gasteiger partial charge >= 0.3 is 0 Å². The number of hydrogen-bond acceptors (Lipinski definition) is 5. The summed E-state index contributed by atoms with van der Waals surface area (Å²) in [7, 11) is 0. The maximum Gasteiger partial charge on any atom is 0.256 e. The summed E-state index contributed by atoms with van der Waals surface area (Å²) in [5, 5.41) is 3.24. The maximum atomic E-state index is 12.7. The molecule has 2 amide bonds. The Balaban J connectivity index is 1.70. The summed E-state index contributed by atoms with van der Waals surface area (Å²) >= 11 is 1.32. The Kier molecular flexibility index (Phi) is 4.29. The molecular weight excluding hydrogens is 364 g/mol. The molecule has 1 aliphatic rings. The van der Waals surface area contributed by atoms with Gasteiger partial charge in [0.2, 0.25) is 6.79 Å². The number of nitrogens with two attached hydrogens (primary N) is 1. The first-order valence-electron chi connectivity index (χ1n) is 8.24. The summed E-state index contributed by atoms with van der Waals surface area (Å²) < 4.78 is 10.6. The van der Waals surface area contributed by atoms with Crippen LogP contribution in [-0.4, -0.2) is 18.6 Å². The van der Waals surface area contributed by atoms with Gasteiger partial charge in [-0.1, -0.05) is 30.3 Å². The lowest BCUT2D eigenvalue weighted by molar-refractivity contribution is 0.100. The summed E-state index contributed by atoms with van der Waals surface area (Å²) in [6.07, 6.45) is 0. The Morgan fingerprint density at radius 3 is 2.56 bits per heavy atom. The number of primary amides is 1. The van der Waals surface area contributed by atoms with E-state index in [-0.39, 0.29) is 12.7 Å². The number of carbonyl (C=O) groups excluding carboxylic acids is 2. The van der Waals surface area contributed by atoms with Crippen LogP contribution >= 0.6 is 11.3 Å². The Bertz CT molecular complexity index is 1040. The summed E-state index contributed by atoms with van der Waals surface area (Å²) in [6.45, 7) is 2.03. The fourth-order valence-electron chi connectivity index (χ4n) is 3.03. The minimum Gasteiger partial charge on any atom is -0.454 e. The van der Waals surface area contributed by atoms with Crippen molar-refractivity contribution >= 4 is 28.2 Å². The molecular formula is C20H16N2O4S. The lowest BCUT2D eigenvalue weighted by Gasteiger charge is -2.07. The molecule has 0 saturated carbocycles. The van der Waals surface area contributed by atoms with E-state index in [1.54, 1.807) is 18.2 Å². The molecule has 3 aromatic rings. The Hall–Kier alpha value is -3.32. The number of nitrogens with one attached hydrogen (secondary N) is 1. The van der Waals surface area contributed by atoms with Crippen LogP contribution < -0.4 is 20.5 Å². The number of hydrogen-bond donors (Lipinski definition) is 2. The number of anilines is 1. The molecule has 27 heavy (non-hydrogen) atoms. The normalized spacial score (nSPS) is 12.0. The number of aryl methyl sites for hydroxylation is 1. The molecule has 1 aliphatic heterocycles. The van der Waals surface area contributed by atoms with E-state index in [0.717, 1.165) is 16.0 Å². The Labute approximate surface area is 159 Å². The third-order valence-electron chi connectivity index (χ3n) is 4.25. The molecule has 7 heteroatoms. The minimum absolute atomic E-state index is 0.136. The summed E-state index contributed by atoms with van der Waals surface area (Å²) in [6, 6.07) is 14.4. The largest absolute Gasteiger partial charge is 0.454 e. The van der Waals surface area contributed by atoms with Gasteiger partial charge in [-0.15, -0.1) is 11.3 Å².